The molecule has 0 N–H and O–H groups in total. The van der Waals surface area contributed by atoms with Gasteiger partial charge in [0.2, 0.25) is 0 Å². The molecule has 0 radical (unpaired) electrons. The van der Waals surface area contributed by atoms with E-state index >= 15 is 0 Å². The lowest BCUT2D eigenvalue weighted by atomic mass is 10.1. The van der Waals surface area contributed by atoms with Gasteiger partial charge in [-0.25, -0.2) is 0 Å². The Bertz CT molecular complexity index is 443. The zero-order chi connectivity index (χ0) is 9.42. The summed E-state index contributed by atoms with van der Waals surface area (Å²) in [6.07, 6.45) is 1.09. The standard InChI is InChI=1S/C11H11ClS/c1-3-9-7(2)13-11-5-4-8(12)6-10(9)11/h4-6H,3H2,1-2H3. The van der Waals surface area contributed by atoms with Crippen molar-refractivity contribution in [1.29, 1.82) is 0 Å². The summed E-state index contributed by atoms with van der Waals surface area (Å²) < 4.78 is 1.35. The van der Waals surface area contributed by atoms with E-state index in [9.17, 15) is 0 Å². The van der Waals surface area contributed by atoms with E-state index in [0.717, 1.165) is 11.4 Å². The molecule has 0 saturated heterocycles. The van der Waals surface area contributed by atoms with Gasteiger partial charge in [0.25, 0.3) is 0 Å². The van der Waals surface area contributed by atoms with Gasteiger partial charge in [-0.1, -0.05) is 18.5 Å². The van der Waals surface area contributed by atoms with E-state index in [-0.39, 0.29) is 0 Å². The second-order valence-electron chi connectivity index (χ2n) is 3.13. The molecular weight excluding hydrogens is 200 g/mol. The second-order valence-corrected chi connectivity index (χ2v) is 4.82. The normalized spacial score (nSPS) is 11.0. The summed E-state index contributed by atoms with van der Waals surface area (Å²) >= 11 is 7.81. The number of benzene rings is 1. The smallest absolute Gasteiger partial charge is 0.0413 e. The quantitative estimate of drug-likeness (QED) is 0.654. The van der Waals surface area contributed by atoms with Crippen molar-refractivity contribution in [3.05, 3.63) is 33.7 Å². The molecule has 0 aliphatic heterocycles. The highest BCUT2D eigenvalue weighted by Gasteiger charge is 2.06. The predicted octanol–water partition coefficient (Wildman–Crippen LogP) is 4.43. The fourth-order valence-electron chi connectivity index (χ4n) is 1.68. The van der Waals surface area contributed by atoms with Crippen LogP contribution in [0.2, 0.25) is 5.02 Å². The Balaban J connectivity index is 2.80. The van der Waals surface area contributed by atoms with Crippen LogP contribution < -0.4 is 0 Å². The fourth-order valence-corrected chi connectivity index (χ4v) is 2.99. The van der Waals surface area contributed by atoms with Crippen LogP contribution in [-0.4, -0.2) is 0 Å². The van der Waals surface area contributed by atoms with Crippen LogP contribution in [0.4, 0.5) is 0 Å². The molecule has 0 aliphatic rings. The molecule has 0 aliphatic carbocycles. The van der Waals surface area contributed by atoms with Gasteiger partial charge in [0.1, 0.15) is 0 Å². The van der Waals surface area contributed by atoms with Crippen molar-refractivity contribution in [2.75, 3.05) is 0 Å². The van der Waals surface area contributed by atoms with E-state index in [1.54, 1.807) is 0 Å². The first-order chi connectivity index (χ1) is 6.22. The van der Waals surface area contributed by atoms with Crippen molar-refractivity contribution >= 4 is 33.0 Å². The summed E-state index contributed by atoms with van der Waals surface area (Å²) in [5.41, 5.74) is 1.45. The van der Waals surface area contributed by atoms with Gasteiger partial charge in [0, 0.05) is 14.6 Å². The first kappa shape index (κ1) is 9.04. The number of hydrogen-bond donors (Lipinski definition) is 0. The van der Waals surface area contributed by atoms with Crippen LogP contribution in [0.15, 0.2) is 18.2 Å². The number of thiophene rings is 1. The topological polar surface area (TPSA) is 0 Å². The van der Waals surface area contributed by atoms with Crippen LogP contribution in [0.5, 0.6) is 0 Å². The van der Waals surface area contributed by atoms with E-state index in [1.807, 2.05) is 17.4 Å². The third-order valence-electron chi connectivity index (χ3n) is 2.31. The number of rotatable bonds is 1. The minimum Gasteiger partial charge on any atom is -0.140 e. The molecule has 2 heteroatoms. The third kappa shape index (κ3) is 1.47. The van der Waals surface area contributed by atoms with Gasteiger partial charge < -0.3 is 0 Å². The molecule has 0 amide bonds. The molecular formula is C11H11ClS. The van der Waals surface area contributed by atoms with Crippen molar-refractivity contribution in [2.24, 2.45) is 0 Å². The van der Waals surface area contributed by atoms with E-state index < -0.39 is 0 Å². The van der Waals surface area contributed by atoms with Gasteiger partial charge >= 0.3 is 0 Å². The summed E-state index contributed by atoms with van der Waals surface area (Å²) in [6, 6.07) is 6.13. The Morgan fingerprint density at radius 2 is 2.15 bits per heavy atom. The lowest BCUT2D eigenvalue weighted by molar-refractivity contribution is 1.15. The van der Waals surface area contributed by atoms with Crippen LogP contribution >= 0.6 is 22.9 Å². The van der Waals surface area contributed by atoms with Gasteiger partial charge in [-0.15, -0.1) is 11.3 Å². The lowest BCUT2D eigenvalue weighted by Crippen LogP contribution is -1.78. The summed E-state index contributed by atoms with van der Waals surface area (Å²) in [5.74, 6) is 0. The number of hydrogen-bond acceptors (Lipinski definition) is 1. The van der Waals surface area contributed by atoms with Gasteiger partial charge in [0.15, 0.2) is 0 Å². The average molecular weight is 211 g/mol. The molecule has 2 aromatic rings. The number of fused-ring (bicyclic) bond motifs is 1. The Morgan fingerprint density at radius 1 is 1.38 bits per heavy atom. The average Bonchev–Trinajstić information content (AvgIpc) is 2.40. The molecule has 1 aromatic carbocycles. The van der Waals surface area contributed by atoms with Crippen LogP contribution in [0.3, 0.4) is 0 Å². The van der Waals surface area contributed by atoms with E-state index in [4.69, 9.17) is 11.6 Å². The van der Waals surface area contributed by atoms with Crippen molar-refractivity contribution < 1.29 is 0 Å². The minimum atomic E-state index is 0.833. The molecule has 1 heterocycles. The van der Waals surface area contributed by atoms with Crippen molar-refractivity contribution in [3.8, 4) is 0 Å². The Kier molecular flexibility index (Phi) is 2.31. The highest BCUT2D eigenvalue weighted by atomic mass is 35.5. The van der Waals surface area contributed by atoms with Gasteiger partial charge in [-0.05, 0) is 42.5 Å². The van der Waals surface area contributed by atoms with Crippen molar-refractivity contribution in [3.63, 3.8) is 0 Å². The van der Waals surface area contributed by atoms with Gasteiger partial charge in [0.05, 0.1) is 0 Å². The van der Waals surface area contributed by atoms with Crippen LogP contribution in [0, 0.1) is 6.92 Å². The Labute approximate surface area is 87.2 Å². The van der Waals surface area contributed by atoms with Crippen molar-refractivity contribution in [1.82, 2.24) is 0 Å². The van der Waals surface area contributed by atoms with Crippen molar-refractivity contribution in [2.45, 2.75) is 20.3 Å². The van der Waals surface area contributed by atoms with E-state index in [1.165, 1.54) is 20.5 Å². The summed E-state index contributed by atoms with van der Waals surface area (Å²) in [7, 11) is 0. The predicted molar refractivity (Wildman–Crippen MR) is 61.0 cm³/mol. The maximum atomic E-state index is 5.96. The molecule has 13 heavy (non-hydrogen) atoms. The molecule has 1 aromatic heterocycles. The lowest BCUT2D eigenvalue weighted by Gasteiger charge is -1.95. The summed E-state index contributed by atoms with van der Waals surface area (Å²) in [6.45, 7) is 4.37. The molecule has 0 unspecified atom stereocenters. The third-order valence-corrected chi connectivity index (χ3v) is 3.67. The summed E-state index contributed by atoms with van der Waals surface area (Å²) in [5, 5.41) is 2.16. The second kappa shape index (κ2) is 3.32. The largest absolute Gasteiger partial charge is 0.140 e. The molecule has 0 atom stereocenters. The maximum absolute atomic E-state index is 5.96. The Morgan fingerprint density at radius 3 is 2.85 bits per heavy atom. The monoisotopic (exact) mass is 210 g/mol. The molecule has 2 rings (SSSR count). The molecule has 0 bridgehead atoms. The molecule has 0 spiro atoms. The molecule has 0 fully saturated rings. The molecule has 0 saturated carbocycles. The number of halogens is 1. The molecule has 68 valence electrons. The van der Waals surface area contributed by atoms with Crippen LogP contribution in [0.25, 0.3) is 10.1 Å². The first-order valence-corrected chi connectivity index (χ1v) is 5.59. The zero-order valence-corrected chi connectivity index (χ0v) is 9.30. The highest BCUT2D eigenvalue weighted by molar-refractivity contribution is 7.19. The fraction of sp³-hybridized carbons (Fsp3) is 0.273. The van der Waals surface area contributed by atoms with Crippen LogP contribution in [-0.2, 0) is 6.42 Å². The van der Waals surface area contributed by atoms with E-state index in [0.29, 0.717) is 0 Å². The Hall–Kier alpha value is -0.530. The molecule has 0 nitrogen and oxygen atoms in total. The summed E-state index contributed by atoms with van der Waals surface area (Å²) in [4.78, 5) is 1.42. The SMILES string of the molecule is CCc1c(C)sc2ccc(Cl)cc12. The van der Waals surface area contributed by atoms with Crippen LogP contribution in [0.1, 0.15) is 17.4 Å². The first-order valence-electron chi connectivity index (χ1n) is 4.40. The van der Waals surface area contributed by atoms with E-state index in [2.05, 4.69) is 26.0 Å². The maximum Gasteiger partial charge on any atom is 0.0413 e. The van der Waals surface area contributed by atoms with Gasteiger partial charge in [-0.3, -0.25) is 0 Å². The number of aryl methyl sites for hydroxylation is 2. The van der Waals surface area contributed by atoms with Gasteiger partial charge in [-0.2, -0.15) is 0 Å². The highest BCUT2D eigenvalue weighted by Crippen LogP contribution is 2.32. The minimum absolute atomic E-state index is 0.833. The zero-order valence-electron chi connectivity index (χ0n) is 7.73.